The number of hydrogen-bond donors (Lipinski definition) is 6. The fourth-order valence-electron chi connectivity index (χ4n) is 3.45. The molecule has 9 nitrogen and oxygen atoms in total. The summed E-state index contributed by atoms with van der Waals surface area (Å²) in [6.07, 6.45) is 8.61. The number of rotatable bonds is 14. The lowest BCUT2D eigenvalue weighted by atomic mass is 9.81. The average molecular weight is 597 g/mol. The lowest BCUT2D eigenvalue weighted by molar-refractivity contribution is -0.123. The smallest absolute Gasteiger partial charge is 0.225 e. The molecule has 10 heteroatoms. The predicted molar refractivity (Wildman–Crippen MR) is 171 cm³/mol. The number of allylic oxidation sites excluding steroid dienone is 6. The van der Waals surface area contributed by atoms with Crippen LogP contribution in [0.25, 0.3) is 0 Å². The van der Waals surface area contributed by atoms with E-state index in [1.54, 1.807) is 14.0 Å². The second-order valence-electron chi connectivity index (χ2n) is 9.40. The van der Waals surface area contributed by atoms with Gasteiger partial charge in [-0.3, -0.25) is 14.4 Å². The van der Waals surface area contributed by atoms with Crippen molar-refractivity contribution in [2.75, 3.05) is 32.6 Å². The second kappa shape index (κ2) is 28.4. The van der Waals surface area contributed by atoms with Crippen LogP contribution in [0.1, 0.15) is 73.1 Å². The Morgan fingerprint density at radius 3 is 2.00 bits per heavy atom. The molecular formula is C31H53ClN4O5. The van der Waals surface area contributed by atoms with Crippen molar-refractivity contribution in [1.29, 1.82) is 0 Å². The fraction of sp³-hybridized carbons (Fsp3) is 0.516. The standard InChI is InChI=1S/C21H35ClN2O3.C7H9N.C2H6O.CH3NO/c1-6-16(12-17(22)7-2)13-21(3,4)14-20(27)24-19(15-26)18(23-5)10-8-9-11-25;1-8-7-5-3-2-4-6-7;1-2-3;2-1-3/h7,12,15,23,25H,6,8-11,13-14H2,1-5H3,(H,24,27);2-6,8H,1H3;3H,2H2,1H3;1H,(H2,2,3)/b16-12+,17-7+,19-18+;;;. The number of amides is 2. The number of nitrogens with one attached hydrogen (secondary N) is 3. The Hall–Kier alpha value is -3.14. The van der Waals surface area contributed by atoms with E-state index in [1.807, 2.05) is 70.3 Å². The number of carbonyl (C=O) groups excluding carboxylic acids is 3. The van der Waals surface area contributed by atoms with E-state index < -0.39 is 0 Å². The summed E-state index contributed by atoms with van der Waals surface area (Å²) in [7, 11) is 3.63. The molecule has 0 atom stereocenters. The normalized spacial score (nSPS) is 11.6. The Morgan fingerprint density at radius 2 is 1.61 bits per heavy atom. The van der Waals surface area contributed by atoms with Crippen molar-refractivity contribution >= 4 is 35.9 Å². The Balaban J connectivity index is -0.000000838. The van der Waals surface area contributed by atoms with Crippen LogP contribution in [-0.4, -0.2) is 56.1 Å². The summed E-state index contributed by atoms with van der Waals surface area (Å²) in [5.41, 5.74) is 7.19. The van der Waals surface area contributed by atoms with Gasteiger partial charge < -0.3 is 31.9 Å². The number of carbonyl (C=O) groups is 3. The molecule has 0 unspecified atom stereocenters. The number of hydrogen-bond acceptors (Lipinski definition) is 7. The van der Waals surface area contributed by atoms with Crippen molar-refractivity contribution in [3.8, 4) is 0 Å². The van der Waals surface area contributed by atoms with Gasteiger partial charge in [-0.1, -0.05) is 62.2 Å². The van der Waals surface area contributed by atoms with Gasteiger partial charge in [0.2, 0.25) is 12.3 Å². The quantitative estimate of drug-likeness (QED) is 0.0763. The van der Waals surface area contributed by atoms with Gasteiger partial charge in [0.1, 0.15) is 5.70 Å². The molecule has 2 amide bonds. The molecule has 0 fully saturated rings. The molecule has 0 spiro atoms. The van der Waals surface area contributed by atoms with Gasteiger partial charge in [0.05, 0.1) is 0 Å². The molecule has 1 aromatic carbocycles. The van der Waals surface area contributed by atoms with Crippen molar-refractivity contribution in [2.24, 2.45) is 11.1 Å². The van der Waals surface area contributed by atoms with Crippen LogP contribution in [0.15, 0.2) is 64.5 Å². The van der Waals surface area contributed by atoms with Gasteiger partial charge in [-0.15, -0.1) is 0 Å². The first kappa shape index (κ1) is 42.3. The zero-order valence-corrected chi connectivity index (χ0v) is 26.7. The number of unbranched alkanes of at least 4 members (excludes halogenated alkanes) is 1. The average Bonchev–Trinajstić information content (AvgIpc) is 2.95. The van der Waals surface area contributed by atoms with Crippen LogP contribution < -0.4 is 21.7 Å². The number of aliphatic hydroxyl groups is 2. The highest BCUT2D eigenvalue weighted by atomic mass is 35.5. The van der Waals surface area contributed by atoms with Crippen molar-refractivity contribution < 1.29 is 24.6 Å². The van der Waals surface area contributed by atoms with E-state index >= 15 is 0 Å². The Morgan fingerprint density at radius 1 is 1.05 bits per heavy atom. The summed E-state index contributed by atoms with van der Waals surface area (Å²) in [6.45, 7) is 10.1. The maximum atomic E-state index is 12.5. The SMILES string of the molecule is C/C=C(Cl)\C=C(/CC)CC(C)(C)CC(=O)N/C(C=O)=C(\CCCCO)NC.CCO.CNc1ccccc1.NC=O. The van der Waals surface area contributed by atoms with Gasteiger partial charge in [0.25, 0.3) is 0 Å². The third-order valence-corrected chi connectivity index (χ3v) is 5.66. The van der Waals surface area contributed by atoms with Gasteiger partial charge in [-0.05, 0) is 69.6 Å². The van der Waals surface area contributed by atoms with E-state index in [1.165, 1.54) is 5.57 Å². The minimum atomic E-state index is -0.262. The highest BCUT2D eigenvalue weighted by Gasteiger charge is 2.24. The molecule has 0 aromatic heterocycles. The number of para-hydroxylation sites is 1. The molecular weight excluding hydrogens is 544 g/mol. The molecule has 1 rings (SSSR count). The summed E-state index contributed by atoms with van der Waals surface area (Å²) in [5, 5.41) is 25.9. The first-order chi connectivity index (χ1) is 19.5. The molecule has 234 valence electrons. The molecule has 0 heterocycles. The maximum absolute atomic E-state index is 12.5. The molecule has 0 aliphatic rings. The summed E-state index contributed by atoms with van der Waals surface area (Å²) >= 11 is 6.10. The largest absolute Gasteiger partial charge is 0.397 e. The molecule has 0 saturated carbocycles. The van der Waals surface area contributed by atoms with E-state index in [0.29, 0.717) is 36.3 Å². The highest BCUT2D eigenvalue weighted by molar-refractivity contribution is 6.31. The van der Waals surface area contributed by atoms with Crippen molar-refractivity contribution in [1.82, 2.24) is 10.6 Å². The molecule has 41 heavy (non-hydrogen) atoms. The third-order valence-electron chi connectivity index (χ3n) is 5.33. The number of benzene rings is 1. The third kappa shape index (κ3) is 25.6. The summed E-state index contributed by atoms with van der Waals surface area (Å²) in [5.74, 6) is -0.190. The number of anilines is 1. The van der Waals surface area contributed by atoms with Gasteiger partial charge in [-0.2, -0.15) is 0 Å². The van der Waals surface area contributed by atoms with Crippen LogP contribution in [0.5, 0.6) is 0 Å². The first-order valence-electron chi connectivity index (χ1n) is 13.8. The highest BCUT2D eigenvalue weighted by Crippen LogP contribution is 2.31. The minimum Gasteiger partial charge on any atom is -0.397 e. The zero-order valence-electron chi connectivity index (χ0n) is 25.9. The summed E-state index contributed by atoms with van der Waals surface area (Å²) in [4.78, 5) is 32.5. The Bertz CT molecular complexity index is 916. The van der Waals surface area contributed by atoms with Gasteiger partial charge in [0.15, 0.2) is 6.29 Å². The van der Waals surface area contributed by atoms with Crippen molar-refractivity contribution in [3.05, 3.63) is 64.5 Å². The molecule has 1 aromatic rings. The molecule has 7 N–H and O–H groups in total. The maximum Gasteiger partial charge on any atom is 0.225 e. The van der Waals surface area contributed by atoms with E-state index in [4.69, 9.17) is 26.6 Å². The Labute approximate surface area is 252 Å². The predicted octanol–water partition coefficient (Wildman–Crippen LogP) is 5.01. The Kier molecular flexibility index (Phi) is 29.3. The van der Waals surface area contributed by atoms with Gasteiger partial charge >= 0.3 is 0 Å². The monoisotopic (exact) mass is 596 g/mol. The minimum absolute atomic E-state index is 0.110. The van der Waals surface area contributed by atoms with Crippen LogP contribution in [0.2, 0.25) is 0 Å². The fourth-order valence-corrected chi connectivity index (χ4v) is 3.61. The molecule has 0 saturated heterocycles. The lowest BCUT2D eigenvalue weighted by Crippen LogP contribution is -2.31. The lowest BCUT2D eigenvalue weighted by Gasteiger charge is -2.25. The van der Waals surface area contributed by atoms with Crippen LogP contribution in [-0.2, 0) is 14.4 Å². The van der Waals surface area contributed by atoms with Crippen LogP contribution in [0.3, 0.4) is 0 Å². The number of halogens is 1. The van der Waals surface area contributed by atoms with Gasteiger partial charge in [-0.25, -0.2) is 0 Å². The van der Waals surface area contributed by atoms with Crippen molar-refractivity contribution in [3.63, 3.8) is 0 Å². The molecule has 0 bridgehead atoms. The number of aldehydes is 1. The first-order valence-corrected chi connectivity index (χ1v) is 14.1. The van der Waals surface area contributed by atoms with E-state index in [-0.39, 0.29) is 36.6 Å². The molecule has 0 aliphatic carbocycles. The number of aliphatic hydroxyl groups excluding tert-OH is 2. The number of primary amides is 1. The van der Waals surface area contributed by atoms with Crippen molar-refractivity contribution in [2.45, 2.75) is 73.1 Å². The topological polar surface area (TPSA) is 154 Å². The van der Waals surface area contributed by atoms with Gasteiger partial charge in [0, 0.05) is 50.1 Å². The van der Waals surface area contributed by atoms with E-state index in [9.17, 15) is 9.59 Å². The van der Waals surface area contributed by atoms with Crippen LogP contribution in [0.4, 0.5) is 5.69 Å². The molecule has 0 radical (unpaired) electrons. The second-order valence-corrected chi connectivity index (χ2v) is 9.84. The summed E-state index contributed by atoms with van der Waals surface area (Å²) in [6, 6.07) is 10.1. The summed E-state index contributed by atoms with van der Waals surface area (Å²) < 4.78 is 0. The number of nitrogens with two attached hydrogens (primary N) is 1. The van der Waals surface area contributed by atoms with E-state index in [0.717, 1.165) is 24.9 Å². The van der Waals surface area contributed by atoms with Crippen LogP contribution >= 0.6 is 11.6 Å². The molecule has 0 aliphatic heterocycles. The van der Waals surface area contributed by atoms with E-state index in [2.05, 4.69) is 28.6 Å². The zero-order chi connectivity index (χ0) is 32.1. The van der Waals surface area contributed by atoms with Crippen LogP contribution in [0, 0.1) is 5.41 Å².